The lowest BCUT2D eigenvalue weighted by atomic mass is 10.1. The number of hydrogen-bond acceptors (Lipinski definition) is 4. The van der Waals surface area contributed by atoms with Crippen molar-refractivity contribution < 1.29 is 17.9 Å². The molecular weight excluding hydrogens is 314 g/mol. The second-order valence-electron chi connectivity index (χ2n) is 5.19. The van der Waals surface area contributed by atoms with Gasteiger partial charge < -0.3 is 10.1 Å². The van der Waals surface area contributed by atoms with Gasteiger partial charge in [0.2, 0.25) is 0 Å². The van der Waals surface area contributed by atoms with Gasteiger partial charge in [-0.25, -0.2) is 8.42 Å². The fraction of sp³-hybridized carbons (Fsp3) is 0.235. The second-order valence-corrected chi connectivity index (χ2v) is 7.33. The van der Waals surface area contributed by atoms with Gasteiger partial charge >= 0.3 is 0 Å². The maximum absolute atomic E-state index is 12.1. The fourth-order valence-corrected chi connectivity index (χ4v) is 2.84. The molecule has 0 saturated carbocycles. The number of amides is 1. The highest BCUT2D eigenvalue weighted by atomic mass is 32.2. The van der Waals surface area contributed by atoms with Crippen LogP contribution in [0.2, 0.25) is 0 Å². The molecule has 1 amide bonds. The highest BCUT2D eigenvalue weighted by molar-refractivity contribution is 7.89. The maximum Gasteiger partial charge on any atom is 0.251 e. The molecule has 0 aliphatic carbocycles. The van der Waals surface area contributed by atoms with E-state index in [9.17, 15) is 13.2 Å². The minimum atomic E-state index is -3.12. The molecule has 0 spiro atoms. The van der Waals surface area contributed by atoms with Crippen LogP contribution in [-0.2, 0) is 15.6 Å². The first-order valence-electron chi connectivity index (χ1n) is 7.17. The van der Waals surface area contributed by atoms with Gasteiger partial charge in [-0.1, -0.05) is 30.3 Å². The molecule has 23 heavy (non-hydrogen) atoms. The number of benzene rings is 2. The quantitative estimate of drug-likeness (QED) is 0.787. The fourth-order valence-electron chi connectivity index (χ4n) is 2.06. The molecule has 2 aromatic rings. The molecule has 0 bridgehead atoms. The number of nitrogens with one attached hydrogen (secondary N) is 1. The van der Waals surface area contributed by atoms with E-state index in [1.54, 1.807) is 24.3 Å². The van der Waals surface area contributed by atoms with Gasteiger partial charge in [0.1, 0.15) is 12.4 Å². The first-order valence-corrected chi connectivity index (χ1v) is 9.23. The minimum Gasteiger partial charge on any atom is -0.492 e. The molecule has 1 N–H and O–H groups in total. The van der Waals surface area contributed by atoms with Gasteiger partial charge in [0.15, 0.2) is 9.84 Å². The summed E-state index contributed by atoms with van der Waals surface area (Å²) in [6, 6.07) is 16.0. The van der Waals surface area contributed by atoms with Crippen molar-refractivity contribution in [3.63, 3.8) is 0 Å². The smallest absolute Gasteiger partial charge is 0.251 e. The zero-order valence-corrected chi connectivity index (χ0v) is 13.7. The molecule has 0 radical (unpaired) electrons. The Morgan fingerprint density at radius 2 is 1.83 bits per heavy atom. The molecule has 0 saturated heterocycles. The summed E-state index contributed by atoms with van der Waals surface area (Å²) in [5.41, 5.74) is 1.03. The molecule has 6 heteroatoms. The Balaban J connectivity index is 1.85. The van der Waals surface area contributed by atoms with Crippen LogP contribution in [0.3, 0.4) is 0 Å². The van der Waals surface area contributed by atoms with Crippen molar-refractivity contribution in [2.45, 2.75) is 5.75 Å². The van der Waals surface area contributed by atoms with Crippen LogP contribution in [0.1, 0.15) is 15.9 Å². The summed E-state index contributed by atoms with van der Waals surface area (Å²) in [5.74, 6) is 0.416. The predicted octanol–water partition coefficient (Wildman–Crippen LogP) is 2.04. The average Bonchev–Trinajstić information content (AvgIpc) is 2.51. The Labute approximate surface area is 136 Å². The number of rotatable bonds is 7. The topological polar surface area (TPSA) is 72.5 Å². The van der Waals surface area contributed by atoms with Gasteiger partial charge in [-0.2, -0.15) is 0 Å². The molecule has 0 heterocycles. The highest BCUT2D eigenvalue weighted by Crippen LogP contribution is 2.09. The molecule has 2 rings (SSSR count). The average molecular weight is 333 g/mol. The normalized spacial score (nSPS) is 11.0. The summed E-state index contributed by atoms with van der Waals surface area (Å²) in [4.78, 5) is 12.1. The number of carbonyl (C=O) groups excluding carboxylic acids is 1. The van der Waals surface area contributed by atoms with Crippen LogP contribution in [0.4, 0.5) is 0 Å². The Hall–Kier alpha value is -2.34. The Kier molecular flexibility index (Phi) is 5.76. The summed E-state index contributed by atoms with van der Waals surface area (Å²) in [6.45, 7) is 0.725. The van der Waals surface area contributed by atoms with E-state index < -0.39 is 9.84 Å². The number of hydrogen-bond donors (Lipinski definition) is 1. The Morgan fingerprint density at radius 1 is 1.09 bits per heavy atom. The Morgan fingerprint density at radius 3 is 2.52 bits per heavy atom. The van der Waals surface area contributed by atoms with Crippen LogP contribution in [0.25, 0.3) is 0 Å². The number of carbonyl (C=O) groups is 1. The lowest BCUT2D eigenvalue weighted by Crippen LogP contribution is -2.28. The van der Waals surface area contributed by atoms with E-state index in [1.807, 2.05) is 30.3 Å². The van der Waals surface area contributed by atoms with E-state index in [4.69, 9.17) is 4.74 Å². The third kappa shape index (κ3) is 6.12. The minimum absolute atomic E-state index is 0.0781. The van der Waals surface area contributed by atoms with Crippen LogP contribution in [-0.4, -0.2) is 33.7 Å². The van der Waals surface area contributed by atoms with E-state index in [2.05, 4.69) is 5.32 Å². The van der Waals surface area contributed by atoms with E-state index >= 15 is 0 Å². The van der Waals surface area contributed by atoms with Crippen molar-refractivity contribution in [2.24, 2.45) is 0 Å². The van der Waals surface area contributed by atoms with Crippen molar-refractivity contribution in [1.82, 2.24) is 5.32 Å². The zero-order valence-electron chi connectivity index (χ0n) is 12.9. The van der Waals surface area contributed by atoms with Gasteiger partial charge in [0.25, 0.3) is 5.91 Å². The summed E-state index contributed by atoms with van der Waals surface area (Å²) >= 11 is 0. The van der Waals surface area contributed by atoms with Gasteiger partial charge in [0.05, 0.1) is 12.3 Å². The lowest BCUT2D eigenvalue weighted by molar-refractivity contribution is 0.0947. The molecule has 122 valence electrons. The van der Waals surface area contributed by atoms with Crippen molar-refractivity contribution in [1.29, 1.82) is 0 Å². The second kappa shape index (κ2) is 7.78. The van der Waals surface area contributed by atoms with Crippen LogP contribution < -0.4 is 10.1 Å². The van der Waals surface area contributed by atoms with Crippen LogP contribution in [0.5, 0.6) is 5.75 Å². The molecule has 5 nitrogen and oxygen atoms in total. The molecule has 0 aliphatic rings. The van der Waals surface area contributed by atoms with Crippen molar-refractivity contribution in [2.75, 3.05) is 19.4 Å². The molecule has 2 aromatic carbocycles. The zero-order chi connectivity index (χ0) is 16.7. The summed E-state index contributed by atoms with van der Waals surface area (Å²) in [6.07, 6.45) is 1.17. The van der Waals surface area contributed by atoms with Crippen molar-refractivity contribution in [3.8, 4) is 5.75 Å². The molecule has 0 aromatic heterocycles. The predicted molar refractivity (Wildman–Crippen MR) is 89.3 cm³/mol. The largest absolute Gasteiger partial charge is 0.492 e. The van der Waals surface area contributed by atoms with E-state index in [0.29, 0.717) is 24.3 Å². The third-order valence-electron chi connectivity index (χ3n) is 3.02. The molecule has 0 fully saturated rings. The molecular formula is C17H19NO4S. The van der Waals surface area contributed by atoms with E-state index in [-0.39, 0.29) is 11.7 Å². The summed E-state index contributed by atoms with van der Waals surface area (Å²) < 4.78 is 28.1. The van der Waals surface area contributed by atoms with E-state index in [0.717, 1.165) is 5.75 Å². The highest BCUT2D eigenvalue weighted by Gasteiger charge is 2.09. The first kappa shape index (κ1) is 17.0. The summed E-state index contributed by atoms with van der Waals surface area (Å²) in [7, 11) is -3.12. The lowest BCUT2D eigenvalue weighted by Gasteiger charge is -2.08. The SMILES string of the molecule is CS(=O)(=O)Cc1cccc(C(=O)NCCOc2ccccc2)c1. The Bertz CT molecular complexity index is 757. The van der Waals surface area contributed by atoms with Crippen LogP contribution in [0.15, 0.2) is 54.6 Å². The molecule has 0 atom stereocenters. The van der Waals surface area contributed by atoms with Crippen molar-refractivity contribution in [3.05, 3.63) is 65.7 Å². The maximum atomic E-state index is 12.1. The van der Waals surface area contributed by atoms with E-state index in [1.165, 1.54) is 6.26 Å². The summed E-state index contributed by atoms with van der Waals surface area (Å²) in [5, 5.41) is 2.75. The standard InChI is InChI=1S/C17H19NO4S/c1-23(20,21)13-14-6-5-7-15(12-14)17(19)18-10-11-22-16-8-3-2-4-9-16/h2-9,12H,10-11,13H2,1H3,(H,18,19). The number of sulfone groups is 1. The third-order valence-corrected chi connectivity index (χ3v) is 3.88. The van der Waals surface area contributed by atoms with Gasteiger partial charge in [0, 0.05) is 11.8 Å². The van der Waals surface area contributed by atoms with Crippen LogP contribution >= 0.6 is 0 Å². The van der Waals surface area contributed by atoms with Crippen LogP contribution in [0, 0.1) is 0 Å². The van der Waals surface area contributed by atoms with Gasteiger partial charge in [-0.15, -0.1) is 0 Å². The van der Waals surface area contributed by atoms with Gasteiger partial charge in [-0.05, 0) is 29.8 Å². The molecule has 0 aliphatic heterocycles. The number of para-hydroxylation sites is 1. The molecule has 0 unspecified atom stereocenters. The number of ether oxygens (including phenoxy) is 1. The van der Waals surface area contributed by atoms with Gasteiger partial charge in [-0.3, -0.25) is 4.79 Å². The first-order chi connectivity index (χ1) is 10.9. The monoisotopic (exact) mass is 333 g/mol. The van der Waals surface area contributed by atoms with Crippen molar-refractivity contribution >= 4 is 15.7 Å².